The lowest BCUT2D eigenvalue weighted by Gasteiger charge is -2.34. The van der Waals surface area contributed by atoms with Crippen molar-refractivity contribution in [3.63, 3.8) is 0 Å². The van der Waals surface area contributed by atoms with E-state index in [2.05, 4.69) is 42.0 Å². The van der Waals surface area contributed by atoms with Gasteiger partial charge in [-0.25, -0.2) is 4.79 Å². The number of rotatable bonds is 5. The molecule has 172 valence electrons. The molecule has 2 aliphatic heterocycles. The van der Waals surface area contributed by atoms with E-state index in [1.807, 2.05) is 4.90 Å². The summed E-state index contributed by atoms with van der Waals surface area (Å²) in [5.74, 6) is -0.208. The summed E-state index contributed by atoms with van der Waals surface area (Å²) in [5, 5.41) is 8.90. The minimum Gasteiger partial charge on any atom is -0.481 e. The lowest BCUT2D eigenvalue weighted by Crippen LogP contribution is -2.41. The molecule has 1 aromatic carbocycles. The molecule has 1 saturated heterocycles. The summed E-state index contributed by atoms with van der Waals surface area (Å²) < 4.78 is 0. The zero-order valence-electron chi connectivity index (χ0n) is 18.8. The van der Waals surface area contributed by atoms with Gasteiger partial charge in [0, 0.05) is 43.8 Å². The van der Waals surface area contributed by atoms with E-state index in [4.69, 9.17) is 5.11 Å². The first-order chi connectivity index (χ1) is 14.4. The fourth-order valence-corrected chi connectivity index (χ4v) is 5.41. The Morgan fingerprint density at radius 1 is 1.10 bits per heavy atom. The summed E-state index contributed by atoms with van der Waals surface area (Å²) in [7, 11) is 2.19. The van der Waals surface area contributed by atoms with Gasteiger partial charge in [0.2, 0.25) is 0 Å². The van der Waals surface area contributed by atoms with Crippen molar-refractivity contribution in [1.82, 2.24) is 9.80 Å². The van der Waals surface area contributed by atoms with E-state index in [-0.39, 0.29) is 24.9 Å². The molecule has 7 heteroatoms. The van der Waals surface area contributed by atoms with Gasteiger partial charge in [-0.3, -0.25) is 9.69 Å². The highest BCUT2D eigenvalue weighted by molar-refractivity contribution is 5.94. The molecule has 0 radical (unpaired) electrons. The Bertz CT molecular complexity index is 794. The van der Waals surface area contributed by atoms with Crippen LogP contribution in [0.5, 0.6) is 0 Å². The number of urea groups is 1. The second-order valence-electron chi connectivity index (χ2n) is 9.47. The SMILES string of the molecule is CC1Cc2cc(N3CCN([C@H]4CC[C@H](CCC(=O)O)CC4)C3=O)ccc2CCN1C.Cl. The average molecular weight is 450 g/mol. The number of nitrogens with zero attached hydrogens (tertiary/aromatic N) is 3. The maximum Gasteiger partial charge on any atom is 0.324 e. The van der Waals surface area contributed by atoms with Gasteiger partial charge in [0.05, 0.1) is 0 Å². The lowest BCUT2D eigenvalue weighted by molar-refractivity contribution is -0.137. The third kappa shape index (κ3) is 5.35. The first kappa shape index (κ1) is 23.9. The van der Waals surface area contributed by atoms with Crippen LogP contribution < -0.4 is 4.90 Å². The van der Waals surface area contributed by atoms with Crippen LogP contribution in [0.15, 0.2) is 18.2 Å². The van der Waals surface area contributed by atoms with E-state index < -0.39 is 5.97 Å². The molecule has 1 aromatic rings. The zero-order valence-corrected chi connectivity index (χ0v) is 19.6. The average Bonchev–Trinajstić information content (AvgIpc) is 3.05. The zero-order chi connectivity index (χ0) is 21.3. The predicted molar refractivity (Wildman–Crippen MR) is 125 cm³/mol. The molecule has 0 spiro atoms. The Labute approximate surface area is 192 Å². The fraction of sp³-hybridized carbons (Fsp3) is 0.667. The maximum atomic E-state index is 13.2. The largest absolute Gasteiger partial charge is 0.481 e. The summed E-state index contributed by atoms with van der Waals surface area (Å²) in [6.07, 6.45) is 7.20. The molecule has 2 fully saturated rings. The minimum absolute atomic E-state index is 0. The molecule has 1 N–H and O–H groups in total. The van der Waals surface area contributed by atoms with E-state index in [9.17, 15) is 9.59 Å². The molecule has 4 rings (SSSR count). The topological polar surface area (TPSA) is 64.1 Å². The van der Waals surface area contributed by atoms with Gasteiger partial charge >= 0.3 is 12.0 Å². The fourth-order valence-electron chi connectivity index (χ4n) is 5.41. The van der Waals surface area contributed by atoms with Gasteiger partial charge in [0.15, 0.2) is 0 Å². The highest BCUT2D eigenvalue weighted by atomic mass is 35.5. The number of fused-ring (bicyclic) bond motifs is 1. The van der Waals surface area contributed by atoms with Crippen molar-refractivity contribution in [1.29, 1.82) is 0 Å². The maximum absolute atomic E-state index is 13.2. The summed E-state index contributed by atoms with van der Waals surface area (Å²) >= 11 is 0. The lowest BCUT2D eigenvalue weighted by atomic mass is 9.83. The minimum atomic E-state index is -0.704. The van der Waals surface area contributed by atoms with E-state index >= 15 is 0 Å². The first-order valence-corrected chi connectivity index (χ1v) is 11.5. The number of likely N-dealkylation sites (N-methyl/N-ethyl adjacent to an activating group) is 1. The highest BCUT2D eigenvalue weighted by Gasteiger charge is 2.36. The van der Waals surface area contributed by atoms with Gasteiger partial charge in [0.1, 0.15) is 0 Å². The van der Waals surface area contributed by atoms with Crippen molar-refractivity contribution in [3.8, 4) is 0 Å². The Kier molecular flexibility index (Phi) is 7.87. The summed E-state index contributed by atoms with van der Waals surface area (Å²) in [6, 6.07) is 7.55. The van der Waals surface area contributed by atoms with Crippen LogP contribution in [0.3, 0.4) is 0 Å². The van der Waals surface area contributed by atoms with Crippen molar-refractivity contribution >= 4 is 30.1 Å². The molecule has 1 atom stereocenters. The van der Waals surface area contributed by atoms with Crippen LogP contribution in [0.1, 0.15) is 56.6 Å². The van der Waals surface area contributed by atoms with Crippen LogP contribution in [0, 0.1) is 5.92 Å². The van der Waals surface area contributed by atoms with Gasteiger partial charge in [-0.1, -0.05) is 6.07 Å². The summed E-state index contributed by atoms with van der Waals surface area (Å²) in [5.41, 5.74) is 3.83. The van der Waals surface area contributed by atoms with E-state index in [1.165, 1.54) is 11.1 Å². The van der Waals surface area contributed by atoms with Crippen LogP contribution in [0.25, 0.3) is 0 Å². The number of amides is 2. The number of hydrogen-bond donors (Lipinski definition) is 1. The molecule has 6 nitrogen and oxygen atoms in total. The van der Waals surface area contributed by atoms with Crippen molar-refractivity contribution < 1.29 is 14.7 Å². The van der Waals surface area contributed by atoms with Crippen LogP contribution in [0.4, 0.5) is 10.5 Å². The van der Waals surface area contributed by atoms with E-state index in [1.54, 1.807) is 0 Å². The van der Waals surface area contributed by atoms with E-state index in [0.717, 1.165) is 70.3 Å². The Hall–Kier alpha value is -1.79. The Morgan fingerprint density at radius 2 is 1.84 bits per heavy atom. The molecule has 2 heterocycles. The normalized spacial score (nSPS) is 26.9. The van der Waals surface area contributed by atoms with Crippen molar-refractivity contribution in [2.75, 3.05) is 31.6 Å². The van der Waals surface area contributed by atoms with Crippen LogP contribution in [-0.4, -0.2) is 65.7 Å². The molecule has 31 heavy (non-hydrogen) atoms. The van der Waals surface area contributed by atoms with Crippen molar-refractivity contribution in [2.24, 2.45) is 5.92 Å². The second-order valence-corrected chi connectivity index (χ2v) is 9.47. The number of carbonyl (C=O) groups is 2. The number of benzene rings is 1. The van der Waals surface area contributed by atoms with Gasteiger partial charge in [-0.2, -0.15) is 0 Å². The molecular formula is C24H36ClN3O3. The smallest absolute Gasteiger partial charge is 0.324 e. The van der Waals surface area contributed by atoms with Gasteiger partial charge < -0.3 is 14.9 Å². The third-order valence-electron chi connectivity index (χ3n) is 7.57. The number of carboxylic acids is 1. The number of carbonyl (C=O) groups excluding carboxylic acids is 1. The molecule has 3 aliphatic rings. The molecule has 1 unspecified atom stereocenters. The number of aliphatic carboxylic acids is 1. The predicted octanol–water partition coefficient (Wildman–Crippen LogP) is 4.19. The van der Waals surface area contributed by atoms with Gasteiger partial charge in [0.25, 0.3) is 0 Å². The second kappa shape index (κ2) is 10.2. The van der Waals surface area contributed by atoms with Gasteiger partial charge in [-0.05, 0) is 88.1 Å². The van der Waals surface area contributed by atoms with Crippen LogP contribution >= 0.6 is 12.4 Å². The molecule has 1 saturated carbocycles. The van der Waals surface area contributed by atoms with E-state index in [0.29, 0.717) is 18.0 Å². The van der Waals surface area contributed by atoms with Crippen LogP contribution in [-0.2, 0) is 17.6 Å². The number of hydrogen-bond acceptors (Lipinski definition) is 3. The Morgan fingerprint density at radius 3 is 2.55 bits per heavy atom. The van der Waals surface area contributed by atoms with Crippen molar-refractivity contribution in [2.45, 2.75) is 70.4 Å². The Balaban J connectivity index is 0.00000272. The number of carboxylic acid groups (broad SMARTS) is 1. The standard InChI is InChI=1S/C24H35N3O3.ClH/c1-17-15-20-16-22(9-6-19(20)11-12-25(17)2)27-14-13-26(24(27)30)21-7-3-18(4-8-21)5-10-23(28)29;/h6,9,16-18,21H,3-5,7-8,10-15H2,1-2H3,(H,28,29);1H/t17?,18-,21-;. The molecular weight excluding hydrogens is 414 g/mol. The molecule has 0 bridgehead atoms. The molecule has 0 aromatic heterocycles. The quantitative estimate of drug-likeness (QED) is 0.731. The first-order valence-electron chi connectivity index (χ1n) is 11.5. The van der Waals surface area contributed by atoms with Gasteiger partial charge in [-0.15, -0.1) is 12.4 Å². The molecule has 1 aliphatic carbocycles. The van der Waals surface area contributed by atoms with Crippen molar-refractivity contribution in [3.05, 3.63) is 29.3 Å². The highest BCUT2D eigenvalue weighted by Crippen LogP contribution is 2.34. The third-order valence-corrected chi connectivity index (χ3v) is 7.57. The summed E-state index contributed by atoms with van der Waals surface area (Å²) in [6.45, 7) is 4.90. The molecule has 2 amide bonds. The summed E-state index contributed by atoms with van der Waals surface area (Å²) in [4.78, 5) is 30.5. The van der Waals surface area contributed by atoms with Crippen LogP contribution in [0.2, 0.25) is 0 Å². The monoisotopic (exact) mass is 449 g/mol. The number of halogens is 1. The number of anilines is 1.